The van der Waals surface area contributed by atoms with Crippen LogP contribution in [0.2, 0.25) is 0 Å². The Labute approximate surface area is 106 Å². The Morgan fingerprint density at radius 2 is 2.22 bits per heavy atom. The average Bonchev–Trinajstić information content (AvgIpc) is 2.41. The van der Waals surface area contributed by atoms with Crippen molar-refractivity contribution in [3.63, 3.8) is 0 Å². The molecule has 0 bridgehead atoms. The van der Waals surface area contributed by atoms with Gasteiger partial charge >= 0.3 is 0 Å². The van der Waals surface area contributed by atoms with E-state index in [-0.39, 0.29) is 5.56 Å². The van der Waals surface area contributed by atoms with E-state index in [4.69, 9.17) is 0 Å². The normalized spacial score (nSPS) is 10.3. The van der Waals surface area contributed by atoms with Crippen LogP contribution < -0.4 is 10.9 Å². The molecule has 0 aliphatic heterocycles. The van der Waals surface area contributed by atoms with Gasteiger partial charge in [-0.15, -0.1) is 0 Å². The van der Waals surface area contributed by atoms with E-state index in [1.807, 2.05) is 12.1 Å². The number of nitrogens with zero attached hydrogens (tertiary/aromatic N) is 3. The van der Waals surface area contributed by atoms with E-state index < -0.39 is 0 Å². The molecule has 0 aliphatic carbocycles. The summed E-state index contributed by atoms with van der Waals surface area (Å²) in [4.78, 5) is 19.7. The van der Waals surface area contributed by atoms with E-state index in [0.29, 0.717) is 6.54 Å². The Bertz CT molecular complexity index is 547. The van der Waals surface area contributed by atoms with E-state index in [1.54, 1.807) is 10.8 Å². The summed E-state index contributed by atoms with van der Waals surface area (Å²) in [5, 5.41) is 3.20. The maximum absolute atomic E-state index is 11.5. The molecule has 0 saturated heterocycles. The monoisotopic (exact) mass is 244 g/mol. The van der Waals surface area contributed by atoms with Crippen LogP contribution in [0.5, 0.6) is 0 Å². The van der Waals surface area contributed by atoms with Crippen molar-refractivity contribution in [2.24, 2.45) is 0 Å². The van der Waals surface area contributed by atoms with Crippen molar-refractivity contribution in [1.29, 1.82) is 0 Å². The van der Waals surface area contributed by atoms with Crippen molar-refractivity contribution in [3.05, 3.63) is 52.8 Å². The second-order valence-corrected chi connectivity index (χ2v) is 4.02. The predicted octanol–water partition coefficient (Wildman–Crippen LogP) is 1.51. The summed E-state index contributed by atoms with van der Waals surface area (Å²) in [6.45, 7) is 3.51. The summed E-state index contributed by atoms with van der Waals surface area (Å²) in [5.41, 5.74) is 0.922. The Morgan fingerprint density at radius 1 is 1.33 bits per heavy atom. The zero-order valence-corrected chi connectivity index (χ0v) is 10.3. The Morgan fingerprint density at radius 3 is 2.89 bits per heavy atom. The zero-order valence-electron chi connectivity index (χ0n) is 10.3. The van der Waals surface area contributed by atoms with Gasteiger partial charge in [-0.05, 0) is 18.1 Å². The number of aromatic nitrogens is 3. The molecule has 0 spiro atoms. The molecule has 0 unspecified atom stereocenters. The molecule has 0 aliphatic rings. The van der Waals surface area contributed by atoms with Crippen LogP contribution in [0.1, 0.15) is 18.9 Å². The van der Waals surface area contributed by atoms with Crippen LogP contribution in [0.25, 0.3) is 0 Å². The van der Waals surface area contributed by atoms with Gasteiger partial charge in [0.1, 0.15) is 5.82 Å². The Kier molecular flexibility index (Phi) is 4.06. The fraction of sp³-hybridized carbons (Fsp3) is 0.308. The van der Waals surface area contributed by atoms with E-state index in [0.717, 1.165) is 24.3 Å². The lowest BCUT2D eigenvalue weighted by atomic mass is 10.3. The minimum Gasteiger partial charge on any atom is -0.370 e. The van der Waals surface area contributed by atoms with Crippen molar-refractivity contribution in [2.45, 2.75) is 19.9 Å². The highest BCUT2D eigenvalue weighted by Gasteiger charge is 1.98. The molecular formula is C13H16N4O. The SMILES string of the molecule is CCCNc1ccc(Cn2cnccc2=O)cn1. The van der Waals surface area contributed by atoms with Crippen LogP contribution >= 0.6 is 0 Å². The minimum atomic E-state index is -0.0572. The van der Waals surface area contributed by atoms with Gasteiger partial charge in [0, 0.05) is 25.0 Å². The smallest absolute Gasteiger partial charge is 0.253 e. The highest BCUT2D eigenvalue weighted by atomic mass is 16.1. The maximum atomic E-state index is 11.5. The molecule has 1 N–H and O–H groups in total. The van der Waals surface area contributed by atoms with Crippen molar-refractivity contribution in [1.82, 2.24) is 14.5 Å². The Hall–Kier alpha value is -2.17. The number of nitrogens with one attached hydrogen (secondary N) is 1. The summed E-state index contributed by atoms with van der Waals surface area (Å²) in [7, 11) is 0. The highest BCUT2D eigenvalue weighted by Crippen LogP contribution is 2.05. The van der Waals surface area contributed by atoms with Crippen molar-refractivity contribution in [3.8, 4) is 0 Å². The van der Waals surface area contributed by atoms with E-state index in [2.05, 4.69) is 22.2 Å². The molecule has 0 saturated carbocycles. The van der Waals surface area contributed by atoms with Crippen molar-refractivity contribution in [2.75, 3.05) is 11.9 Å². The fourth-order valence-corrected chi connectivity index (χ4v) is 1.57. The first-order valence-electron chi connectivity index (χ1n) is 5.99. The lowest BCUT2D eigenvalue weighted by Crippen LogP contribution is -2.19. The van der Waals surface area contributed by atoms with E-state index in [9.17, 15) is 4.79 Å². The number of anilines is 1. The van der Waals surface area contributed by atoms with Gasteiger partial charge in [0.25, 0.3) is 5.56 Å². The largest absolute Gasteiger partial charge is 0.370 e. The molecule has 2 aromatic heterocycles. The molecule has 2 aromatic rings. The molecule has 18 heavy (non-hydrogen) atoms. The average molecular weight is 244 g/mol. The van der Waals surface area contributed by atoms with Crippen LogP contribution in [0.3, 0.4) is 0 Å². The van der Waals surface area contributed by atoms with Gasteiger partial charge in [0.15, 0.2) is 0 Å². The molecule has 5 nitrogen and oxygen atoms in total. The van der Waals surface area contributed by atoms with E-state index in [1.165, 1.54) is 18.6 Å². The molecule has 2 heterocycles. The molecule has 5 heteroatoms. The first kappa shape index (κ1) is 12.3. The molecule has 94 valence electrons. The van der Waals surface area contributed by atoms with Gasteiger partial charge in [0.05, 0.1) is 12.9 Å². The molecule has 0 aromatic carbocycles. The predicted molar refractivity (Wildman–Crippen MR) is 70.6 cm³/mol. The van der Waals surface area contributed by atoms with Gasteiger partial charge in [0.2, 0.25) is 0 Å². The third-order valence-corrected chi connectivity index (χ3v) is 2.53. The van der Waals surface area contributed by atoms with Gasteiger partial charge < -0.3 is 5.32 Å². The highest BCUT2D eigenvalue weighted by molar-refractivity contribution is 5.35. The van der Waals surface area contributed by atoms with Crippen LogP contribution in [0, 0.1) is 0 Å². The minimum absolute atomic E-state index is 0.0572. The molecule has 0 atom stereocenters. The second-order valence-electron chi connectivity index (χ2n) is 4.02. The summed E-state index contributed by atoms with van der Waals surface area (Å²) in [5.74, 6) is 0.860. The van der Waals surface area contributed by atoms with Crippen LogP contribution in [0.15, 0.2) is 41.7 Å². The number of pyridine rings is 1. The molecule has 0 amide bonds. The topological polar surface area (TPSA) is 59.8 Å². The second kappa shape index (κ2) is 5.95. The van der Waals surface area contributed by atoms with Crippen molar-refractivity contribution >= 4 is 5.82 Å². The Balaban J connectivity index is 2.07. The third-order valence-electron chi connectivity index (χ3n) is 2.53. The first-order valence-corrected chi connectivity index (χ1v) is 5.99. The van der Waals surface area contributed by atoms with Gasteiger partial charge in [-0.3, -0.25) is 9.36 Å². The quantitative estimate of drug-likeness (QED) is 0.866. The van der Waals surface area contributed by atoms with Crippen LogP contribution in [0.4, 0.5) is 5.82 Å². The maximum Gasteiger partial charge on any atom is 0.253 e. The number of hydrogen-bond acceptors (Lipinski definition) is 4. The summed E-state index contributed by atoms with van der Waals surface area (Å²) >= 11 is 0. The first-order chi connectivity index (χ1) is 8.79. The number of rotatable bonds is 5. The lowest BCUT2D eigenvalue weighted by Gasteiger charge is -2.06. The van der Waals surface area contributed by atoms with Gasteiger partial charge in [-0.25, -0.2) is 9.97 Å². The zero-order chi connectivity index (χ0) is 12.8. The van der Waals surface area contributed by atoms with Gasteiger partial charge in [-0.2, -0.15) is 0 Å². The number of hydrogen-bond donors (Lipinski definition) is 1. The summed E-state index contributed by atoms with van der Waals surface area (Å²) in [6.07, 6.45) is 5.87. The fourth-order valence-electron chi connectivity index (χ4n) is 1.57. The molecule has 0 fully saturated rings. The van der Waals surface area contributed by atoms with Crippen LogP contribution in [-0.2, 0) is 6.54 Å². The van der Waals surface area contributed by atoms with Crippen molar-refractivity contribution < 1.29 is 0 Å². The lowest BCUT2D eigenvalue weighted by molar-refractivity contribution is 0.733. The van der Waals surface area contributed by atoms with E-state index >= 15 is 0 Å². The van der Waals surface area contributed by atoms with Gasteiger partial charge in [-0.1, -0.05) is 13.0 Å². The van der Waals surface area contributed by atoms with Crippen LogP contribution in [-0.4, -0.2) is 21.1 Å². The summed E-state index contributed by atoms with van der Waals surface area (Å²) in [6, 6.07) is 5.33. The third kappa shape index (κ3) is 3.16. The molecule has 2 rings (SSSR count). The standard InChI is InChI=1S/C13H16N4O/c1-2-6-15-12-4-3-11(8-16-12)9-17-10-14-7-5-13(17)18/h3-5,7-8,10H,2,6,9H2,1H3,(H,15,16). The molecule has 0 radical (unpaired) electrons. The summed E-state index contributed by atoms with van der Waals surface area (Å²) < 4.78 is 1.55. The molecular weight excluding hydrogens is 228 g/mol.